The quantitative estimate of drug-likeness (QED) is 0.272. The van der Waals surface area contributed by atoms with Crippen molar-refractivity contribution in [2.45, 2.75) is 25.7 Å². The summed E-state index contributed by atoms with van der Waals surface area (Å²) in [5, 5.41) is 6.49. The largest absolute Gasteiger partial charge is 0.381 e. The molecule has 1 aliphatic carbocycles. The van der Waals surface area contributed by atoms with E-state index in [4.69, 9.17) is 4.74 Å². The molecule has 1 fully saturated rings. The number of halogens is 2. The number of hydrogen-bond donors (Lipinski definition) is 2. The monoisotopic (exact) mass is 435 g/mol. The lowest BCUT2D eigenvalue weighted by molar-refractivity contribution is 0.123. The second-order valence-corrected chi connectivity index (χ2v) is 5.68. The highest BCUT2D eigenvalue weighted by Crippen LogP contribution is 2.28. The molecule has 0 aliphatic heterocycles. The molecule has 1 aromatic carbocycles. The van der Waals surface area contributed by atoms with Crippen LogP contribution in [0.5, 0.6) is 0 Å². The number of hydrogen-bond acceptors (Lipinski definition) is 2. The Morgan fingerprint density at radius 1 is 1.30 bits per heavy atom. The zero-order valence-corrected chi connectivity index (χ0v) is 16.0. The van der Waals surface area contributed by atoms with Crippen LogP contribution in [-0.4, -0.2) is 39.3 Å². The first-order valence-corrected chi connectivity index (χ1v) is 8.04. The Morgan fingerprint density at radius 2 is 2.09 bits per heavy atom. The Kier molecular flexibility index (Phi) is 10.2. The summed E-state index contributed by atoms with van der Waals surface area (Å²) in [6.07, 6.45) is 4.40. The summed E-state index contributed by atoms with van der Waals surface area (Å²) in [5.41, 5.74) is 0.983. The van der Waals surface area contributed by atoms with E-state index in [1.54, 1.807) is 19.2 Å². The maximum Gasteiger partial charge on any atom is 0.190 e. The summed E-state index contributed by atoms with van der Waals surface area (Å²) >= 11 is 0. The number of nitrogens with zero attached hydrogens (tertiary/aromatic N) is 1. The van der Waals surface area contributed by atoms with Crippen molar-refractivity contribution in [3.63, 3.8) is 0 Å². The molecule has 6 heteroatoms. The van der Waals surface area contributed by atoms with Crippen LogP contribution in [0.4, 0.5) is 4.39 Å². The van der Waals surface area contributed by atoms with E-state index in [0.29, 0.717) is 0 Å². The molecule has 1 aromatic rings. The highest BCUT2D eigenvalue weighted by molar-refractivity contribution is 14.0. The fourth-order valence-electron chi connectivity index (χ4n) is 2.15. The van der Waals surface area contributed by atoms with Crippen molar-refractivity contribution in [2.75, 3.05) is 33.4 Å². The van der Waals surface area contributed by atoms with Gasteiger partial charge in [0.05, 0.1) is 0 Å². The molecule has 23 heavy (non-hydrogen) atoms. The molecule has 0 radical (unpaired) electrons. The highest BCUT2D eigenvalue weighted by atomic mass is 127. The molecule has 2 rings (SSSR count). The molecule has 4 nitrogen and oxygen atoms in total. The molecule has 2 N–H and O–H groups in total. The van der Waals surface area contributed by atoms with Crippen molar-refractivity contribution in [1.82, 2.24) is 10.6 Å². The minimum absolute atomic E-state index is 0. The average molecular weight is 435 g/mol. The summed E-state index contributed by atoms with van der Waals surface area (Å²) < 4.78 is 18.7. The van der Waals surface area contributed by atoms with Gasteiger partial charge in [0.2, 0.25) is 0 Å². The number of aliphatic imine (C=N–C) groups is 1. The Hall–Kier alpha value is -0.890. The van der Waals surface area contributed by atoms with Crippen molar-refractivity contribution in [3.8, 4) is 0 Å². The molecular weight excluding hydrogens is 408 g/mol. The lowest BCUT2D eigenvalue weighted by Gasteiger charge is -2.12. The fraction of sp³-hybridized carbons (Fsp3) is 0.588. The van der Waals surface area contributed by atoms with E-state index in [2.05, 4.69) is 15.6 Å². The van der Waals surface area contributed by atoms with Gasteiger partial charge in [-0.1, -0.05) is 12.1 Å². The van der Waals surface area contributed by atoms with Crippen LogP contribution >= 0.6 is 24.0 Å². The molecule has 1 saturated carbocycles. The first-order valence-electron chi connectivity index (χ1n) is 8.04. The van der Waals surface area contributed by atoms with Crippen molar-refractivity contribution >= 4 is 29.9 Å². The normalized spacial score (nSPS) is 14.3. The van der Waals surface area contributed by atoms with Crippen molar-refractivity contribution < 1.29 is 9.13 Å². The van der Waals surface area contributed by atoms with Crippen molar-refractivity contribution in [3.05, 3.63) is 35.6 Å². The van der Waals surface area contributed by atoms with E-state index in [1.165, 1.54) is 18.9 Å². The van der Waals surface area contributed by atoms with Gasteiger partial charge in [0.15, 0.2) is 5.96 Å². The van der Waals surface area contributed by atoms with Gasteiger partial charge < -0.3 is 15.4 Å². The number of ether oxygens (including phenoxy) is 1. The number of rotatable bonds is 9. The Bertz CT molecular complexity index is 481. The third kappa shape index (κ3) is 9.10. The van der Waals surface area contributed by atoms with E-state index in [0.717, 1.165) is 56.6 Å². The third-order valence-electron chi connectivity index (χ3n) is 3.63. The molecule has 0 saturated heterocycles. The van der Waals surface area contributed by atoms with Crippen LogP contribution in [0, 0.1) is 11.7 Å². The second-order valence-electron chi connectivity index (χ2n) is 5.68. The van der Waals surface area contributed by atoms with Crippen LogP contribution in [0.3, 0.4) is 0 Å². The van der Waals surface area contributed by atoms with Crippen molar-refractivity contribution in [2.24, 2.45) is 10.9 Å². The fourth-order valence-corrected chi connectivity index (χ4v) is 2.15. The minimum atomic E-state index is -0.189. The van der Waals surface area contributed by atoms with E-state index in [-0.39, 0.29) is 29.8 Å². The Balaban J connectivity index is 0.00000264. The zero-order chi connectivity index (χ0) is 15.6. The first kappa shape index (κ1) is 20.2. The predicted octanol–water partition coefficient (Wildman–Crippen LogP) is 2.97. The van der Waals surface area contributed by atoms with E-state index < -0.39 is 0 Å². The van der Waals surface area contributed by atoms with Gasteiger partial charge in [-0.05, 0) is 49.3 Å². The summed E-state index contributed by atoms with van der Waals surface area (Å²) in [5.74, 6) is 1.41. The summed E-state index contributed by atoms with van der Waals surface area (Å²) in [7, 11) is 1.75. The van der Waals surface area contributed by atoms with E-state index in [1.807, 2.05) is 6.07 Å². The zero-order valence-electron chi connectivity index (χ0n) is 13.7. The molecular formula is C17H27FIN3O. The van der Waals surface area contributed by atoms with Gasteiger partial charge in [0.25, 0.3) is 0 Å². The van der Waals surface area contributed by atoms with Gasteiger partial charge in [0, 0.05) is 33.4 Å². The predicted molar refractivity (Wildman–Crippen MR) is 103 cm³/mol. The molecule has 0 aromatic heterocycles. The molecule has 0 bridgehead atoms. The maximum atomic E-state index is 13.1. The molecule has 1 aliphatic rings. The molecule has 0 heterocycles. The second kappa shape index (κ2) is 11.6. The molecule has 0 atom stereocenters. The summed E-state index contributed by atoms with van der Waals surface area (Å²) in [4.78, 5) is 4.17. The van der Waals surface area contributed by atoms with Crippen LogP contribution < -0.4 is 10.6 Å². The molecule has 130 valence electrons. The van der Waals surface area contributed by atoms with Crippen LogP contribution in [0.15, 0.2) is 29.3 Å². The third-order valence-corrected chi connectivity index (χ3v) is 3.63. The van der Waals surface area contributed by atoms with Crippen LogP contribution in [0.1, 0.15) is 24.8 Å². The SMILES string of the molecule is CN=C(NCCCOCC1CC1)NCCc1cccc(F)c1.I. The molecule has 0 amide bonds. The number of guanidine groups is 1. The van der Waals surface area contributed by atoms with Gasteiger partial charge in [0.1, 0.15) is 5.82 Å². The Labute approximate surface area is 155 Å². The molecule has 0 unspecified atom stereocenters. The highest BCUT2D eigenvalue weighted by Gasteiger charge is 2.20. The first-order chi connectivity index (χ1) is 10.8. The van der Waals surface area contributed by atoms with Crippen LogP contribution in [0.2, 0.25) is 0 Å². The van der Waals surface area contributed by atoms with Gasteiger partial charge in [-0.15, -0.1) is 24.0 Å². The van der Waals surface area contributed by atoms with Gasteiger partial charge in [-0.2, -0.15) is 0 Å². The van der Waals surface area contributed by atoms with E-state index >= 15 is 0 Å². The van der Waals surface area contributed by atoms with Gasteiger partial charge in [-0.25, -0.2) is 4.39 Å². The Morgan fingerprint density at radius 3 is 2.78 bits per heavy atom. The smallest absolute Gasteiger partial charge is 0.190 e. The average Bonchev–Trinajstić information content (AvgIpc) is 3.33. The van der Waals surface area contributed by atoms with Crippen LogP contribution in [0.25, 0.3) is 0 Å². The standard InChI is InChI=1S/C17H26FN3O.HI/c1-19-17(20-9-3-11-22-13-15-6-7-15)21-10-8-14-4-2-5-16(18)12-14;/h2,4-5,12,15H,3,6-11,13H2,1H3,(H2,19,20,21);1H. The van der Waals surface area contributed by atoms with E-state index in [9.17, 15) is 4.39 Å². The maximum absolute atomic E-state index is 13.1. The lowest BCUT2D eigenvalue weighted by Crippen LogP contribution is -2.39. The minimum Gasteiger partial charge on any atom is -0.381 e. The van der Waals surface area contributed by atoms with Gasteiger partial charge in [-0.3, -0.25) is 4.99 Å². The lowest BCUT2D eigenvalue weighted by atomic mass is 10.1. The number of benzene rings is 1. The van der Waals surface area contributed by atoms with Crippen LogP contribution in [-0.2, 0) is 11.2 Å². The summed E-state index contributed by atoms with van der Waals surface area (Å²) in [6.45, 7) is 3.27. The van der Waals surface area contributed by atoms with Crippen molar-refractivity contribution in [1.29, 1.82) is 0 Å². The summed E-state index contributed by atoms with van der Waals surface area (Å²) in [6, 6.07) is 6.69. The number of nitrogens with one attached hydrogen (secondary N) is 2. The van der Waals surface area contributed by atoms with Gasteiger partial charge >= 0.3 is 0 Å². The molecule has 0 spiro atoms. The topological polar surface area (TPSA) is 45.7 Å².